The van der Waals surface area contributed by atoms with Crippen LogP contribution in [-0.2, 0) is 4.79 Å². The zero-order chi connectivity index (χ0) is 15.4. The zero-order valence-electron chi connectivity index (χ0n) is 11.2. The summed E-state index contributed by atoms with van der Waals surface area (Å²) < 4.78 is 0.795. The molecule has 0 radical (unpaired) electrons. The van der Waals surface area contributed by atoms with E-state index in [-0.39, 0.29) is 6.04 Å². The van der Waals surface area contributed by atoms with Crippen LogP contribution in [0.4, 0.5) is 10.5 Å². The minimum absolute atomic E-state index is 0.345. The third kappa shape index (κ3) is 4.35. The van der Waals surface area contributed by atoms with Gasteiger partial charge in [-0.05, 0) is 31.0 Å². The summed E-state index contributed by atoms with van der Waals surface area (Å²) in [5.74, 6) is -1.39. The van der Waals surface area contributed by atoms with Crippen LogP contribution in [0.25, 0.3) is 0 Å². The van der Waals surface area contributed by atoms with Crippen LogP contribution in [0.1, 0.15) is 25.7 Å². The molecule has 1 aliphatic rings. The second-order valence-electron chi connectivity index (χ2n) is 5.06. The highest BCUT2D eigenvalue weighted by Gasteiger charge is 2.31. The Labute approximate surface area is 136 Å². The van der Waals surface area contributed by atoms with Crippen LogP contribution in [-0.4, -0.2) is 23.1 Å². The standard InChI is InChI=1S/C14H16BrClN2O3/c15-8-5-6-10(16)12(7-8)18-14(21)17-11-4-2-1-3-9(11)13(19)20/h5-7,9,11H,1-4H2,(H,19,20)(H2,17,18,21). The van der Waals surface area contributed by atoms with Crippen molar-refractivity contribution in [3.63, 3.8) is 0 Å². The van der Waals surface area contributed by atoms with Crippen molar-refractivity contribution in [2.45, 2.75) is 31.7 Å². The minimum atomic E-state index is -0.861. The Morgan fingerprint density at radius 1 is 1.29 bits per heavy atom. The normalized spacial score (nSPS) is 21.6. The summed E-state index contributed by atoms with van der Waals surface area (Å²) in [6, 6.07) is 4.35. The number of carboxylic acids is 1. The first-order chi connectivity index (χ1) is 9.97. The molecule has 0 bridgehead atoms. The van der Waals surface area contributed by atoms with E-state index < -0.39 is 17.9 Å². The van der Waals surface area contributed by atoms with Gasteiger partial charge in [0.25, 0.3) is 0 Å². The van der Waals surface area contributed by atoms with E-state index in [0.29, 0.717) is 23.6 Å². The summed E-state index contributed by atoms with van der Waals surface area (Å²) in [5, 5.41) is 15.0. The van der Waals surface area contributed by atoms with Crippen LogP contribution >= 0.6 is 27.5 Å². The van der Waals surface area contributed by atoms with Crippen molar-refractivity contribution >= 4 is 45.2 Å². The van der Waals surface area contributed by atoms with E-state index in [9.17, 15) is 14.7 Å². The first-order valence-electron chi connectivity index (χ1n) is 6.73. The molecule has 0 saturated heterocycles. The number of rotatable bonds is 3. The molecule has 0 heterocycles. The monoisotopic (exact) mass is 374 g/mol. The highest BCUT2D eigenvalue weighted by atomic mass is 79.9. The molecular formula is C14H16BrClN2O3. The lowest BCUT2D eigenvalue weighted by Gasteiger charge is -2.29. The largest absolute Gasteiger partial charge is 0.481 e. The molecule has 2 unspecified atom stereocenters. The molecular weight excluding hydrogens is 360 g/mol. The zero-order valence-corrected chi connectivity index (χ0v) is 13.6. The number of nitrogens with one attached hydrogen (secondary N) is 2. The minimum Gasteiger partial charge on any atom is -0.481 e. The second kappa shape index (κ2) is 7.13. The maximum atomic E-state index is 12.0. The fraction of sp³-hybridized carbons (Fsp3) is 0.429. The summed E-state index contributed by atoms with van der Waals surface area (Å²) in [7, 11) is 0. The van der Waals surface area contributed by atoms with Crippen molar-refractivity contribution in [1.82, 2.24) is 5.32 Å². The van der Waals surface area contributed by atoms with Crippen LogP contribution in [0.15, 0.2) is 22.7 Å². The first kappa shape index (κ1) is 16.1. The molecule has 1 aromatic rings. The molecule has 1 aliphatic carbocycles. The van der Waals surface area contributed by atoms with Crippen molar-refractivity contribution in [2.24, 2.45) is 5.92 Å². The third-order valence-corrected chi connectivity index (χ3v) is 4.40. The summed E-state index contributed by atoms with van der Waals surface area (Å²) >= 11 is 9.31. The average molecular weight is 376 g/mol. The molecule has 2 rings (SSSR count). The van der Waals surface area contributed by atoms with Gasteiger partial charge in [0.15, 0.2) is 0 Å². The van der Waals surface area contributed by atoms with Gasteiger partial charge in [-0.3, -0.25) is 4.79 Å². The highest BCUT2D eigenvalue weighted by Crippen LogP contribution is 2.27. The third-order valence-electron chi connectivity index (χ3n) is 3.58. The molecule has 0 spiro atoms. The fourth-order valence-electron chi connectivity index (χ4n) is 2.52. The number of halogens is 2. The Morgan fingerprint density at radius 3 is 2.71 bits per heavy atom. The summed E-state index contributed by atoms with van der Waals surface area (Å²) in [6.45, 7) is 0. The summed E-state index contributed by atoms with van der Waals surface area (Å²) in [6.07, 6.45) is 3.08. The number of hydrogen-bond acceptors (Lipinski definition) is 2. The lowest BCUT2D eigenvalue weighted by atomic mass is 9.84. The maximum absolute atomic E-state index is 12.0. The summed E-state index contributed by atoms with van der Waals surface area (Å²) in [5.41, 5.74) is 0.478. The highest BCUT2D eigenvalue weighted by molar-refractivity contribution is 9.10. The maximum Gasteiger partial charge on any atom is 0.319 e. The molecule has 0 aromatic heterocycles. The lowest BCUT2D eigenvalue weighted by Crippen LogP contribution is -2.46. The van der Waals surface area contributed by atoms with E-state index in [1.54, 1.807) is 18.2 Å². The molecule has 1 saturated carbocycles. The van der Waals surface area contributed by atoms with Crippen molar-refractivity contribution in [2.75, 3.05) is 5.32 Å². The first-order valence-corrected chi connectivity index (χ1v) is 7.90. The number of benzene rings is 1. The van der Waals surface area contributed by atoms with Gasteiger partial charge in [-0.15, -0.1) is 0 Å². The fourth-order valence-corrected chi connectivity index (χ4v) is 3.05. The molecule has 2 amide bonds. The van der Waals surface area contributed by atoms with Gasteiger partial charge in [0.05, 0.1) is 16.6 Å². The molecule has 0 aliphatic heterocycles. The van der Waals surface area contributed by atoms with Crippen molar-refractivity contribution in [3.8, 4) is 0 Å². The van der Waals surface area contributed by atoms with Gasteiger partial charge in [-0.1, -0.05) is 40.4 Å². The molecule has 7 heteroatoms. The average Bonchev–Trinajstić information content (AvgIpc) is 2.43. The predicted molar refractivity (Wildman–Crippen MR) is 84.7 cm³/mol. The number of carboxylic acid groups (broad SMARTS) is 1. The number of amides is 2. The molecule has 1 fully saturated rings. The van der Waals surface area contributed by atoms with Crippen LogP contribution in [0.3, 0.4) is 0 Å². The Morgan fingerprint density at radius 2 is 2.00 bits per heavy atom. The van der Waals surface area contributed by atoms with E-state index in [2.05, 4.69) is 26.6 Å². The number of carbonyl (C=O) groups is 2. The van der Waals surface area contributed by atoms with E-state index in [1.165, 1.54) is 0 Å². The Bertz CT molecular complexity index is 553. The van der Waals surface area contributed by atoms with E-state index in [4.69, 9.17) is 11.6 Å². The van der Waals surface area contributed by atoms with Gasteiger partial charge in [-0.25, -0.2) is 4.79 Å². The predicted octanol–water partition coefficient (Wildman–Crippen LogP) is 3.87. The number of aliphatic carboxylic acids is 1. The smallest absolute Gasteiger partial charge is 0.319 e. The van der Waals surface area contributed by atoms with Crippen molar-refractivity contribution < 1.29 is 14.7 Å². The molecule has 2 atom stereocenters. The Kier molecular flexibility index (Phi) is 5.47. The van der Waals surface area contributed by atoms with Gasteiger partial charge in [-0.2, -0.15) is 0 Å². The number of hydrogen-bond donors (Lipinski definition) is 3. The molecule has 3 N–H and O–H groups in total. The van der Waals surface area contributed by atoms with Crippen LogP contribution in [0.5, 0.6) is 0 Å². The molecule has 114 valence electrons. The number of urea groups is 1. The topological polar surface area (TPSA) is 78.4 Å². The van der Waals surface area contributed by atoms with Gasteiger partial charge < -0.3 is 15.7 Å². The van der Waals surface area contributed by atoms with Gasteiger partial charge in [0, 0.05) is 10.5 Å². The number of anilines is 1. The van der Waals surface area contributed by atoms with Crippen molar-refractivity contribution in [3.05, 3.63) is 27.7 Å². The lowest BCUT2D eigenvalue weighted by molar-refractivity contribution is -0.143. The summed E-state index contributed by atoms with van der Waals surface area (Å²) in [4.78, 5) is 23.2. The van der Waals surface area contributed by atoms with Gasteiger partial charge in [0.1, 0.15) is 0 Å². The van der Waals surface area contributed by atoms with E-state index in [0.717, 1.165) is 17.3 Å². The molecule has 5 nitrogen and oxygen atoms in total. The number of carbonyl (C=O) groups excluding carboxylic acids is 1. The van der Waals surface area contributed by atoms with E-state index >= 15 is 0 Å². The van der Waals surface area contributed by atoms with E-state index in [1.807, 2.05) is 0 Å². The molecule has 1 aromatic carbocycles. The SMILES string of the molecule is O=C(Nc1cc(Br)ccc1Cl)NC1CCCCC1C(=O)O. The quantitative estimate of drug-likeness (QED) is 0.750. The molecule has 21 heavy (non-hydrogen) atoms. The van der Waals surface area contributed by atoms with Crippen molar-refractivity contribution in [1.29, 1.82) is 0 Å². The van der Waals surface area contributed by atoms with Crippen LogP contribution in [0.2, 0.25) is 5.02 Å². The van der Waals surface area contributed by atoms with Crippen LogP contribution < -0.4 is 10.6 Å². The Balaban J connectivity index is 2.00. The van der Waals surface area contributed by atoms with Gasteiger partial charge >= 0.3 is 12.0 Å². The second-order valence-corrected chi connectivity index (χ2v) is 6.38. The van der Waals surface area contributed by atoms with Crippen LogP contribution in [0, 0.1) is 5.92 Å². The Hall–Kier alpha value is -1.27. The van der Waals surface area contributed by atoms with Gasteiger partial charge in [0.2, 0.25) is 0 Å².